The SMILES string of the molecule is COCc1n[nH]c(=O)n1C. The first-order chi connectivity index (χ1) is 4.75. The van der Waals surface area contributed by atoms with Crippen molar-refractivity contribution in [2.24, 2.45) is 7.05 Å². The van der Waals surface area contributed by atoms with Crippen molar-refractivity contribution < 1.29 is 4.74 Å². The highest BCUT2D eigenvalue weighted by atomic mass is 16.5. The maximum Gasteiger partial charge on any atom is 0.343 e. The van der Waals surface area contributed by atoms with E-state index in [-0.39, 0.29) is 5.69 Å². The quantitative estimate of drug-likeness (QED) is 0.592. The molecule has 0 aliphatic heterocycles. The summed E-state index contributed by atoms with van der Waals surface area (Å²) in [5.74, 6) is 0.604. The Balaban J connectivity index is 2.94. The molecule has 0 aromatic carbocycles. The maximum atomic E-state index is 10.7. The van der Waals surface area contributed by atoms with E-state index >= 15 is 0 Å². The zero-order valence-corrected chi connectivity index (χ0v) is 5.92. The van der Waals surface area contributed by atoms with E-state index in [4.69, 9.17) is 4.74 Å². The zero-order chi connectivity index (χ0) is 7.56. The van der Waals surface area contributed by atoms with Gasteiger partial charge in [-0.25, -0.2) is 9.89 Å². The number of rotatable bonds is 2. The molecule has 5 nitrogen and oxygen atoms in total. The Morgan fingerprint density at radius 3 is 2.90 bits per heavy atom. The lowest BCUT2D eigenvalue weighted by molar-refractivity contribution is 0.175. The molecule has 0 spiro atoms. The van der Waals surface area contributed by atoms with Gasteiger partial charge in [0.1, 0.15) is 6.61 Å². The fourth-order valence-electron chi connectivity index (χ4n) is 0.638. The summed E-state index contributed by atoms with van der Waals surface area (Å²) in [5.41, 5.74) is -0.216. The number of nitrogens with one attached hydrogen (secondary N) is 1. The third-order valence-electron chi connectivity index (χ3n) is 1.25. The first-order valence-corrected chi connectivity index (χ1v) is 2.85. The van der Waals surface area contributed by atoms with Crippen molar-refractivity contribution in [1.82, 2.24) is 14.8 Å². The predicted octanol–water partition coefficient (Wildman–Crippen LogP) is -0.745. The van der Waals surface area contributed by atoms with Crippen LogP contribution in [0.5, 0.6) is 0 Å². The number of H-pyrrole nitrogens is 1. The van der Waals surface area contributed by atoms with Gasteiger partial charge in [-0.1, -0.05) is 0 Å². The first kappa shape index (κ1) is 7.01. The van der Waals surface area contributed by atoms with Gasteiger partial charge in [-0.3, -0.25) is 4.57 Å². The van der Waals surface area contributed by atoms with Gasteiger partial charge in [-0.2, -0.15) is 5.10 Å². The number of aromatic amines is 1. The molecule has 1 aromatic rings. The van der Waals surface area contributed by atoms with Crippen molar-refractivity contribution in [3.05, 3.63) is 16.3 Å². The first-order valence-electron chi connectivity index (χ1n) is 2.85. The lowest BCUT2D eigenvalue weighted by Crippen LogP contribution is -2.14. The molecule has 0 saturated carbocycles. The van der Waals surface area contributed by atoms with Crippen LogP contribution in [-0.4, -0.2) is 21.9 Å². The van der Waals surface area contributed by atoms with E-state index in [9.17, 15) is 4.79 Å². The molecule has 0 radical (unpaired) electrons. The molecule has 0 saturated heterocycles. The van der Waals surface area contributed by atoms with E-state index in [1.807, 2.05) is 0 Å². The number of methoxy groups -OCH3 is 1. The minimum atomic E-state index is -0.216. The summed E-state index contributed by atoms with van der Waals surface area (Å²) in [6.45, 7) is 0.356. The average molecular weight is 143 g/mol. The van der Waals surface area contributed by atoms with Crippen LogP contribution in [0.15, 0.2) is 4.79 Å². The highest BCUT2D eigenvalue weighted by Gasteiger charge is 2.00. The number of hydrogen-bond acceptors (Lipinski definition) is 3. The molecule has 0 amide bonds. The Morgan fingerprint density at radius 2 is 2.50 bits per heavy atom. The monoisotopic (exact) mass is 143 g/mol. The molecule has 1 rings (SSSR count). The number of hydrogen-bond donors (Lipinski definition) is 1. The second-order valence-electron chi connectivity index (χ2n) is 1.94. The van der Waals surface area contributed by atoms with E-state index in [1.54, 1.807) is 14.2 Å². The summed E-state index contributed by atoms with van der Waals surface area (Å²) >= 11 is 0. The molecule has 0 aliphatic rings. The summed E-state index contributed by atoms with van der Waals surface area (Å²) in [5, 5.41) is 6.00. The van der Waals surface area contributed by atoms with Crippen molar-refractivity contribution in [1.29, 1.82) is 0 Å². The van der Waals surface area contributed by atoms with Gasteiger partial charge in [0.25, 0.3) is 0 Å². The van der Waals surface area contributed by atoms with Crippen LogP contribution in [0.3, 0.4) is 0 Å². The Kier molecular flexibility index (Phi) is 1.86. The maximum absolute atomic E-state index is 10.7. The van der Waals surface area contributed by atoms with Crippen LogP contribution >= 0.6 is 0 Å². The van der Waals surface area contributed by atoms with Gasteiger partial charge in [-0.15, -0.1) is 0 Å². The van der Waals surface area contributed by atoms with Crippen molar-refractivity contribution in [2.75, 3.05) is 7.11 Å². The molecular weight excluding hydrogens is 134 g/mol. The third kappa shape index (κ3) is 1.08. The summed E-state index contributed by atoms with van der Waals surface area (Å²) in [6, 6.07) is 0. The highest BCUT2D eigenvalue weighted by Crippen LogP contribution is 1.87. The number of ether oxygens (including phenoxy) is 1. The van der Waals surface area contributed by atoms with E-state index in [0.29, 0.717) is 12.4 Å². The van der Waals surface area contributed by atoms with Crippen molar-refractivity contribution in [3.8, 4) is 0 Å². The van der Waals surface area contributed by atoms with Gasteiger partial charge in [0, 0.05) is 14.2 Å². The van der Waals surface area contributed by atoms with Gasteiger partial charge in [0.15, 0.2) is 5.82 Å². The summed E-state index contributed by atoms with van der Waals surface area (Å²) in [4.78, 5) is 10.7. The van der Waals surface area contributed by atoms with Crippen LogP contribution in [0.25, 0.3) is 0 Å². The fraction of sp³-hybridized carbons (Fsp3) is 0.600. The molecule has 0 aliphatic carbocycles. The fourth-order valence-corrected chi connectivity index (χ4v) is 0.638. The molecule has 56 valence electrons. The van der Waals surface area contributed by atoms with Crippen LogP contribution < -0.4 is 5.69 Å². The van der Waals surface area contributed by atoms with Crippen LogP contribution in [0.1, 0.15) is 5.82 Å². The van der Waals surface area contributed by atoms with Crippen LogP contribution in [0.4, 0.5) is 0 Å². The molecule has 1 aromatic heterocycles. The van der Waals surface area contributed by atoms with E-state index < -0.39 is 0 Å². The van der Waals surface area contributed by atoms with E-state index in [2.05, 4.69) is 10.2 Å². The van der Waals surface area contributed by atoms with E-state index in [0.717, 1.165) is 0 Å². The Labute approximate surface area is 57.6 Å². The Bertz CT molecular complexity index is 262. The second kappa shape index (κ2) is 2.66. The van der Waals surface area contributed by atoms with Gasteiger partial charge in [-0.05, 0) is 0 Å². The van der Waals surface area contributed by atoms with Gasteiger partial charge in [0.2, 0.25) is 0 Å². The summed E-state index contributed by atoms with van der Waals surface area (Å²) in [7, 11) is 3.19. The molecule has 0 unspecified atom stereocenters. The van der Waals surface area contributed by atoms with Gasteiger partial charge >= 0.3 is 5.69 Å². The average Bonchev–Trinajstić information content (AvgIpc) is 2.20. The number of aromatic nitrogens is 3. The Hall–Kier alpha value is -1.10. The largest absolute Gasteiger partial charge is 0.377 e. The second-order valence-corrected chi connectivity index (χ2v) is 1.94. The van der Waals surface area contributed by atoms with Gasteiger partial charge in [0.05, 0.1) is 0 Å². The lowest BCUT2D eigenvalue weighted by atomic mass is 10.6. The molecule has 0 fully saturated rings. The molecule has 1 N–H and O–H groups in total. The minimum absolute atomic E-state index is 0.216. The molecule has 5 heteroatoms. The van der Waals surface area contributed by atoms with E-state index in [1.165, 1.54) is 4.57 Å². The molecule has 10 heavy (non-hydrogen) atoms. The normalized spacial score (nSPS) is 10.2. The molecule has 0 atom stereocenters. The van der Waals surface area contributed by atoms with Crippen LogP contribution in [0.2, 0.25) is 0 Å². The molecular formula is C5H9N3O2. The molecule has 1 heterocycles. The predicted molar refractivity (Wildman–Crippen MR) is 34.5 cm³/mol. The van der Waals surface area contributed by atoms with Crippen LogP contribution in [-0.2, 0) is 18.4 Å². The van der Waals surface area contributed by atoms with Crippen molar-refractivity contribution in [3.63, 3.8) is 0 Å². The summed E-state index contributed by atoms with van der Waals surface area (Å²) in [6.07, 6.45) is 0. The van der Waals surface area contributed by atoms with Gasteiger partial charge < -0.3 is 4.74 Å². The third-order valence-corrected chi connectivity index (χ3v) is 1.25. The highest BCUT2D eigenvalue weighted by molar-refractivity contribution is 4.80. The summed E-state index contributed by atoms with van der Waals surface area (Å²) < 4.78 is 6.19. The topological polar surface area (TPSA) is 59.9 Å². The Morgan fingerprint density at radius 1 is 1.80 bits per heavy atom. The van der Waals surface area contributed by atoms with Crippen molar-refractivity contribution in [2.45, 2.75) is 6.61 Å². The minimum Gasteiger partial charge on any atom is -0.377 e. The van der Waals surface area contributed by atoms with Crippen LogP contribution in [0, 0.1) is 0 Å². The zero-order valence-electron chi connectivity index (χ0n) is 5.92. The van der Waals surface area contributed by atoms with Crippen molar-refractivity contribution >= 4 is 0 Å². The smallest absolute Gasteiger partial charge is 0.343 e. The molecule has 0 bridgehead atoms. The number of nitrogens with zero attached hydrogens (tertiary/aromatic N) is 2. The standard InChI is InChI=1S/C5H9N3O2/c1-8-4(3-10-2)6-7-5(8)9/h3H2,1-2H3,(H,7,9). The lowest BCUT2D eigenvalue weighted by Gasteiger charge is -1.94.